The van der Waals surface area contributed by atoms with Crippen molar-refractivity contribution < 1.29 is 35.2 Å². The SMILES string of the molecule is CS(=O)(=O)C(c1nnc(CNS(=O)O)o1)c1nc2ccc(-c3cccc(C(=O)N4CC(F)(F)C4)c3)cc2s1. The number of nitrogens with zero attached hydrogens (tertiary/aromatic N) is 4. The van der Waals surface area contributed by atoms with E-state index in [0.717, 1.165) is 28.1 Å². The molecule has 2 atom stereocenters. The summed E-state index contributed by atoms with van der Waals surface area (Å²) in [7, 11) is -3.80. The van der Waals surface area contributed by atoms with Gasteiger partial charge in [0, 0.05) is 11.8 Å². The molecule has 16 heteroatoms. The number of rotatable bonds is 8. The zero-order valence-corrected chi connectivity index (χ0v) is 21.9. The van der Waals surface area contributed by atoms with Gasteiger partial charge < -0.3 is 9.32 Å². The number of aromatic nitrogens is 3. The maximum Gasteiger partial charge on any atom is 0.282 e. The molecule has 2 aromatic carbocycles. The van der Waals surface area contributed by atoms with Gasteiger partial charge in [-0.2, -0.15) is 0 Å². The average Bonchev–Trinajstić information content (AvgIpc) is 3.46. The largest absolute Gasteiger partial charge is 0.422 e. The molecule has 1 amide bonds. The molecule has 2 aromatic heterocycles. The van der Waals surface area contributed by atoms with Crippen molar-refractivity contribution in [2.75, 3.05) is 19.3 Å². The monoisotopic (exact) mass is 583 g/mol. The molecule has 1 aliphatic rings. The number of nitrogens with one attached hydrogen (secondary N) is 1. The number of sulfone groups is 1. The Balaban J connectivity index is 1.44. The van der Waals surface area contributed by atoms with Crippen LogP contribution in [0, 0.1) is 0 Å². The van der Waals surface area contributed by atoms with E-state index in [1.165, 1.54) is 0 Å². The lowest BCUT2D eigenvalue weighted by molar-refractivity contribution is -0.113. The Labute approximate surface area is 221 Å². The fourth-order valence-corrected chi connectivity index (χ4v) is 6.72. The van der Waals surface area contributed by atoms with E-state index in [0.29, 0.717) is 15.8 Å². The maximum absolute atomic E-state index is 13.2. The van der Waals surface area contributed by atoms with Gasteiger partial charge in [0.15, 0.2) is 15.1 Å². The van der Waals surface area contributed by atoms with E-state index in [2.05, 4.69) is 19.9 Å². The van der Waals surface area contributed by atoms with Crippen LogP contribution in [0.4, 0.5) is 8.78 Å². The van der Waals surface area contributed by atoms with Crippen molar-refractivity contribution in [2.45, 2.75) is 17.7 Å². The minimum absolute atomic E-state index is 0.0733. The van der Waals surface area contributed by atoms with E-state index in [-0.39, 0.29) is 28.9 Å². The number of thiazole rings is 1. The van der Waals surface area contributed by atoms with Gasteiger partial charge in [-0.25, -0.2) is 31.1 Å². The molecular formula is C22H19F2N5O6S3. The number of hydrogen-bond donors (Lipinski definition) is 2. The third kappa shape index (κ3) is 5.49. The fraction of sp³-hybridized carbons (Fsp3) is 0.273. The highest BCUT2D eigenvalue weighted by Crippen LogP contribution is 2.36. The van der Waals surface area contributed by atoms with Gasteiger partial charge in [0.05, 0.1) is 29.9 Å². The number of carbonyl (C=O) groups is 1. The van der Waals surface area contributed by atoms with Crippen molar-refractivity contribution in [1.82, 2.24) is 24.8 Å². The van der Waals surface area contributed by atoms with Gasteiger partial charge in [-0.3, -0.25) is 9.35 Å². The molecule has 5 rings (SSSR count). The Kier molecular flexibility index (Phi) is 6.85. The van der Waals surface area contributed by atoms with Crippen LogP contribution >= 0.6 is 11.3 Å². The molecule has 0 radical (unpaired) electrons. The summed E-state index contributed by atoms with van der Waals surface area (Å²) in [5.74, 6) is -3.63. The van der Waals surface area contributed by atoms with E-state index in [9.17, 15) is 26.2 Å². The number of hydrogen-bond acceptors (Lipinski definition) is 9. The normalized spacial score (nSPS) is 16.8. The van der Waals surface area contributed by atoms with Crippen LogP contribution in [0.2, 0.25) is 0 Å². The van der Waals surface area contributed by atoms with Crippen LogP contribution < -0.4 is 4.72 Å². The lowest BCUT2D eigenvalue weighted by Crippen LogP contribution is -2.58. The van der Waals surface area contributed by atoms with Crippen LogP contribution in [0.15, 0.2) is 46.9 Å². The molecule has 2 N–H and O–H groups in total. The summed E-state index contributed by atoms with van der Waals surface area (Å²) in [4.78, 5) is 18.1. The molecular weight excluding hydrogens is 564 g/mol. The van der Waals surface area contributed by atoms with Gasteiger partial charge in [-0.1, -0.05) is 18.2 Å². The fourth-order valence-electron chi connectivity index (χ4n) is 3.94. The van der Waals surface area contributed by atoms with Crippen LogP contribution in [0.25, 0.3) is 21.3 Å². The molecule has 0 saturated carbocycles. The molecule has 1 fully saturated rings. The molecule has 0 bridgehead atoms. The summed E-state index contributed by atoms with van der Waals surface area (Å²) >= 11 is -1.20. The summed E-state index contributed by atoms with van der Waals surface area (Å²) in [5, 5.41) is 6.37. The zero-order chi connectivity index (χ0) is 27.2. The van der Waals surface area contributed by atoms with Gasteiger partial charge >= 0.3 is 0 Å². The highest BCUT2D eigenvalue weighted by Gasteiger charge is 2.46. The van der Waals surface area contributed by atoms with E-state index in [1.54, 1.807) is 42.5 Å². The summed E-state index contributed by atoms with van der Waals surface area (Å²) in [6.45, 7) is -1.45. The van der Waals surface area contributed by atoms with Crippen molar-refractivity contribution >= 4 is 48.6 Å². The third-order valence-electron chi connectivity index (χ3n) is 5.69. The predicted octanol–water partition coefficient (Wildman–Crippen LogP) is 2.80. The van der Waals surface area contributed by atoms with Crippen LogP contribution in [-0.2, 0) is 27.6 Å². The quantitative estimate of drug-likeness (QED) is 0.298. The number of amides is 1. The Morgan fingerprint density at radius 3 is 2.66 bits per heavy atom. The first kappa shape index (κ1) is 26.4. The summed E-state index contributed by atoms with van der Waals surface area (Å²) in [6, 6.07) is 11.9. The van der Waals surface area contributed by atoms with Crippen LogP contribution in [0.3, 0.4) is 0 Å². The second-order valence-corrected chi connectivity index (χ2v) is 12.6. The number of likely N-dealkylation sites (tertiary alicyclic amines) is 1. The highest BCUT2D eigenvalue weighted by atomic mass is 32.2. The number of halogens is 2. The zero-order valence-electron chi connectivity index (χ0n) is 19.5. The number of fused-ring (bicyclic) bond motifs is 1. The summed E-state index contributed by atoms with van der Waals surface area (Å²) in [5.41, 5.74) is 2.20. The molecule has 0 spiro atoms. The van der Waals surface area contributed by atoms with Gasteiger partial charge in [0.25, 0.3) is 11.8 Å². The van der Waals surface area contributed by atoms with Crippen molar-refractivity contribution in [3.05, 3.63) is 64.8 Å². The van der Waals surface area contributed by atoms with E-state index >= 15 is 0 Å². The Morgan fingerprint density at radius 2 is 1.97 bits per heavy atom. The summed E-state index contributed by atoms with van der Waals surface area (Å²) in [6.07, 6.45) is 1.01. The molecule has 38 heavy (non-hydrogen) atoms. The van der Waals surface area contributed by atoms with Crippen molar-refractivity contribution in [3.8, 4) is 11.1 Å². The molecule has 3 heterocycles. The van der Waals surface area contributed by atoms with Gasteiger partial charge in [-0.05, 0) is 35.4 Å². The van der Waals surface area contributed by atoms with Crippen LogP contribution in [0.5, 0.6) is 0 Å². The average molecular weight is 584 g/mol. The first-order valence-electron chi connectivity index (χ1n) is 10.9. The predicted molar refractivity (Wildman–Crippen MR) is 135 cm³/mol. The molecule has 1 aliphatic heterocycles. The maximum atomic E-state index is 13.2. The lowest BCUT2D eigenvalue weighted by Gasteiger charge is -2.38. The standard InChI is InChI=1S/C22H19F2N5O6S3/c1-38(33,34)18(19-28-27-17(35-19)9-25-37(31)32)20-26-15-6-5-13(8-16(15)36-20)12-3-2-4-14(7-12)21(30)29-10-22(23,24)11-29/h2-8,18,25H,9-11H2,1H3,(H,31,32). The first-order chi connectivity index (χ1) is 17.9. The number of alkyl halides is 2. The lowest BCUT2D eigenvalue weighted by atomic mass is 10.0. The van der Waals surface area contributed by atoms with E-state index < -0.39 is 51.3 Å². The molecule has 4 aromatic rings. The molecule has 2 unspecified atom stereocenters. The second kappa shape index (κ2) is 9.85. The Bertz CT molecular complexity index is 1660. The minimum Gasteiger partial charge on any atom is -0.422 e. The molecule has 200 valence electrons. The topological polar surface area (TPSA) is 156 Å². The third-order valence-corrected chi connectivity index (χ3v) is 8.59. The van der Waals surface area contributed by atoms with Crippen molar-refractivity contribution in [3.63, 3.8) is 0 Å². The number of carbonyl (C=O) groups excluding carboxylic acids is 1. The minimum atomic E-state index is -3.80. The highest BCUT2D eigenvalue weighted by molar-refractivity contribution is 7.91. The van der Waals surface area contributed by atoms with E-state index in [4.69, 9.17) is 8.97 Å². The second-order valence-electron chi connectivity index (χ2n) is 8.65. The molecule has 11 nitrogen and oxygen atoms in total. The van der Waals surface area contributed by atoms with E-state index in [1.807, 2.05) is 0 Å². The molecule has 1 saturated heterocycles. The van der Waals surface area contributed by atoms with Gasteiger partial charge in [0.2, 0.25) is 23.0 Å². The Morgan fingerprint density at radius 1 is 1.24 bits per heavy atom. The number of benzene rings is 2. The van der Waals surface area contributed by atoms with Gasteiger partial charge in [0.1, 0.15) is 5.01 Å². The van der Waals surface area contributed by atoms with Crippen molar-refractivity contribution in [2.24, 2.45) is 0 Å². The summed E-state index contributed by atoms with van der Waals surface area (Å²) < 4.78 is 79.6. The van der Waals surface area contributed by atoms with Crippen LogP contribution in [-0.4, -0.2) is 68.4 Å². The molecule has 0 aliphatic carbocycles. The van der Waals surface area contributed by atoms with Crippen LogP contribution in [0.1, 0.15) is 32.4 Å². The smallest absolute Gasteiger partial charge is 0.282 e. The van der Waals surface area contributed by atoms with Gasteiger partial charge in [-0.15, -0.1) is 21.5 Å². The van der Waals surface area contributed by atoms with Crippen molar-refractivity contribution in [1.29, 1.82) is 0 Å². The first-order valence-corrected chi connectivity index (χ1v) is 14.8. The Hall–Kier alpha value is -3.18.